The predicted molar refractivity (Wildman–Crippen MR) is 93.5 cm³/mol. The highest BCUT2D eigenvalue weighted by atomic mass is 35.5. The van der Waals surface area contributed by atoms with Crippen molar-refractivity contribution in [3.8, 4) is 0 Å². The Bertz CT molecular complexity index is 540. The normalized spacial score (nSPS) is 14.4. The van der Waals surface area contributed by atoms with Crippen molar-refractivity contribution in [1.82, 2.24) is 5.32 Å². The first kappa shape index (κ1) is 16.9. The number of rotatable bonds is 7. The fourth-order valence-corrected chi connectivity index (χ4v) is 2.79. The minimum atomic E-state index is 0.0992. The summed E-state index contributed by atoms with van der Waals surface area (Å²) >= 11 is 6.07. The van der Waals surface area contributed by atoms with Gasteiger partial charge in [0.05, 0.1) is 0 Å². The van der Waals surface area contributed by atoms with Crippen LogP contribution < -0.4 is 10.6 Å². The smallest absolute Gasteiger partial charge is 0.221 e. The Morgan fingerprint density at radius 3 is 2.86 bits per heavy atom. The Balaban J connectivity index is 1.61. The van der Waals surface area contributed by atoms with Gasteiger partial charge in [0.1, 0.15) is 0 Å². The summed E-state index contributed by atoms with van der Waals surface area (Å²) in [5.41, 5.74) is 3.51. The highest BCUT2D eigenvalue weighted by molar-refractivity contribution is 6.31. The summed E-state index contributed by atoms with van der Waals surface area (Å²) < 4.78 is 0. The van der Waals surface area contributed by atoms with E-state index in [1.165, 1.54) is 31.3 Å². The van der Waals surface area contributed by atoms with Crippen molar-refractivity contribution in [2.75, 3.05) is 18.4 Å². The van der Waals surface area contributed by atoms with Crippen molar-refractivity contribution in [3.05, 3.63) is 40.4 Å². The van der Waals surface area contributed by atoms with Crippen LogP contribution in [0.15, 0.2) is 29.8 Å². The molecule has 1 aromatic carbocycles. The third-order valence-electron chi connectivity index (χ3n) is 4.01. The lowest BCUT2D eigenvalue weighted by Crippen LogP contribution is -2.26. The maximum atomic E-state index is 11.8. The van der Waals surface area contributed by atoms with E-state index in [1.807, 2.05) is 25.1 Å². The van der Waals surface area contributed by atoms with Gasteiger partial charge in [-0.15, -0.1) is 0 Å². The summed E-state index contributed by atoms with van der Waals surface area (Å²) in [7, 11) is 0. The number of aryl methyl sites for hydroxylation is 1. The predicted octanol–water partition coefficient (Wildman–Crippen LogP) is 4.46. The summed E-state index contributed by atoms with van der Waals surface area (Å²) in [6.45, 7) is 3.34. The second-order valence-corrected chi connectivity index (χ2v) is 6.26. The van der Waals surface area contributed by atoms with Gasteiger partial charge in [-0.25, -0.2) is 0 Å². The number of anilines is 1. The fourth-order valence-electron chi connectivity index (χ4n) is 2.61. The number of hydrogen-bond donors (Lipinski definition) is 2. The average Bonchev–Trinajstić information content (AvgIpc) is 2.52. The van der Waals surface area contributed by atoms with Crippen LogP contribution in [0.1, 0.15) is 44.1 Å². The van der Waals surface area contributed by atoms with Crippen molar-refractivity contribution >= 4 is 23.2 Å². The monoisotopic (exact) mass is 320 g/mol. The third-order valence-corrected chi connectivity index (χ3v) is 4.41. The maximum Gasteiger partial charge on any atom is 0.221 e. The molecule has 22 heavy (non-hydrogen) atoms. The SMILES string of the molecule is Cc1ccc(NCCC(=O)NCCC2=CCCCC2)cc1Cl. The van der Waals surface area contributed by atoms with E-state index >= 15 is 0 Å². The molecule has 3 nitrogen and oxygen atoms in total. The zero-order valence-corrected chi connectivity index (χ0v) is 14.0. The Kier molecular flexibility index (Phi) is 6.78. The zero-order chi connectivity index (χ0) is 15.8. The summed E-state index contributed by atoms with van der Waals surface area (Å²) in [6, 6.07) is 5.85. The van der Waals surface area contributed by atoms with E-state index in [9.17, 15) is 4.79 Å². The molecular weight excluding hydrogens is 296 g/mol. The van der Waals surface area contributed by atoms with Crippen molar-refractivity contribution in [2.24, 2.45) is 0 Å². The number of nitrogens with one attached hydrogen (secondary N) is 2. The largest absolute Gasteiger partial charge is 0.384 e. The van der Waals surface area contributed by atoms with Gasteiger partial charge in [-0.2, -0.15) is 0 Å². The number of allylic oxidation sites excluding steroid dienone is 1. The van der Waals surface area contributed by atoms with Gasteiger partial charge in [0.15, 0.2) is 0 Å². The number of hydrogen-bond acceptors (Lipinski definition) is 2. The second kappa shape index (κ2) is 8.84. The van der Waals surface area contributed by atoms with Gasteiger partial charge in [-0.05, 0) is 56.7 Å². The summed E-state index contributed by atoms with van der Waals surface area (Å²) in [6.07, 6.45) is 8.81. The molecule has 0 bridgehead atoms. The highest BCUT2D eigenvalue weighted by Crippen LogP contribution is 2.20. The lowest BCUT2D eigenvalue weighted by atomic mass is 9.97. The van der Waals surface area contributed by atoms with Crippen molar-refractivity contribution < 1.29 is 4.79 Å². The summed E-state index contributed by atoms with van der Waals surface area (Å²) in [4.78, 5) is 11.8. The molecule has 1 aromatic rings. The topological polar surface area (TPSA) is 41.1 Å². The van der Waals surface area contributed by atoms with Crippen LogP contribution >= 0.6 is 11.6 Å². The molecule has 0 radical (unpaired) electrons. The Hall–Kier alpha value is -1.48. The number of benzene rings is 1. The molecule has 0 saturated carbocycles. The average molecular weight is 321 g/mol. The molecule has 1 aliphatic carbocycles. The summed E-state index contributed by atoms with van der Waals surface area (Å²) in [5, 5.41) is 6.96. The minimum Gasteiger partial charge on any atom is -0.384 e. The highest BCUT2D eigenvalue weighted by Gasteiger charge is 2.05. The van der Waals surface area contributed by atoms with Gasteiger partial charge >= 0.3 is 0 Å². The summed E-state index contributed by atoms with van der Waals surface area (Å²) in [5.74, 6) is 0.0992. The van der Waals surface area contributed by atoms with Crippen LogP contribution in [0.4, 0.5) is 5.69 Å². The van der Waals surface area contributed by atoms with Crippen LogP contribution in [0.25, 0.3) is 0 Å². The van der Waals surface area contributed by atoms with E-state index in [2.05, 4.69) is 16.7 Å². The van der Waals surface area contributed by atoms with Crippen molar-refractivity contribution in [2.45, 2.75) is 45.4 Å². The Morgan fingerprint density at radius 1 is 1.27 bits per heavy atom. The van der Waals surface area contributed by atoms with Gasteiger partial charge in [0.25, 0.3) is 0 Å². The van der Waals surface area contributed by atoms with Crippen LogP contribution in [-0.4, -0.2) is 19.0 Å². The molecule has 2 rings (SSSR count). The van der Waals surface area contributed by atoms with Crippen LogP contribution in [0, 0.1) is 6.92 Å². The van der Waals surface area contributed by atoms with E-state index in [1.54, 1.807) is 0 Å². The molecule has 0 fully saturated rings. The number of carbonyl (C=O) groups is 1. The molecule has 0 aromatic heterocycles. The lowest BCUT2D eigenvalue weighted by molar-refractivity contribution is -0.120. The van der Waals surface area contributed by atoms with Gasteiger partial charge in [0.2, 0.25) is 5.91 Å². The molecule has 1 aliphatic rings. The van der Waals surface area contributed by atoms with E-state index in [0.29, 0.717) is 13.0 Å². The Labute approximate surface area is 138 Å². The number of amides is 1. The first-order valence-electron chi connectivity index (χ1n) is 8.10. The first-order chi connectivity index (χ1) is 10.6. The minimum absolute atomic E-state index is 0.0992. The van der Waals surface area contributed by atoms with Crippen LogP contribution in [0.2, 0.25) is 5.02 Å². The van der Waals surface area contributed by atoms with Crippen molar-refractivity contribution in [1.29, 1.82) is 0 Å². The lowest BCUT2D eigenvalue weighted by Gasteiger charge is -2.13. The van der Waals surface area contributed by atoms with Gasteiger partial charge < -0.3 is 10.6 Å². The molecule has 0 aliphatic heterocycles. The first-order valence-corrected chi connectivity index (χ1v) is 8.47. The quantitative estimate of drug-likeness (QED) is 0.728. The third kappa shape index (κ3) is 5.72. The number of carbonyl (C=O) groups excluding carboxylic acids is 1. The van der Waals surface area contributed by atoms with E-state index in [4.69, 9.17) is 11.6 Å². The van der Waals surface area contributed by atoms with E-state index < -0.39 is 0 Å². The van der Waals surface area contributed by atoms with Gasteiger partial charge in [0, 0.05) is 30.2 Å². The van der Waals surface area contributed by atoms with E-state index in [0.717, 1.165) is 29.2 Å². The molecule has 1 amide bonds. The molecule has 0 unspecified atom stereocenters. The van der Waals surface area contributed by atoms with Gasteiger partial charge in [-0.3, -0.25) is 4.79 Å². The molecule has 0 heterocycles. The van der Waals surface area contributed by atoms with E-state index in [-0.39, 0.29) is 5.91 Å². The zero-order valence-electron chi connectivity index (χ0n) is 13.3. The van der Waals surface area contributed by atoms with Crippen molar-refractivity contribution in [3.63, 3.8) is 0 Å². The van der Waals surface area contributed by atoms with Crippen LogP contribution in [-0.2, 0) is 4.79 Å². The maximum absolute atomic E-state index is 11.8. The van der Waals surface area contributed by atoms with Gasteiger partial charge in [-0.1, -0.05) is 29.3 Å². The molecule has 0 spiro atoms. The molecule has 0 saturated heterocycles. The second-order valence-electron chi connectivity index (χ2n) is 5.85. The molecule has 120 valence electrons. The molecular formula is C18H25ClN2O. The van der Waals surface area contributed by atoms with Crippen LogP contribution in [0.3, 0.4) is 0 Å². The van der Waals surface area contributed by atoms with Crippen LogP contribution in [0.5, 0.6) is 0 Å². The standard InChI is InChI=1S/C18H25ClN2O/c1-14-7-8-16(13-17(14)19)20-12-10-18(22)21-11-9-15-5-3-2-4-6-15/h5,7-8,13,20H,2-4,6,9-12H2,1H3,(H,21,22). The Morgan fingerprint density at radius 2 is 2.14 bits per heavy atom. The molecule has 0 atom stereocenters. The fraction of sp³-hybridized carbons (Fsp3) is 0.500. The molecule has 4 heteroatoms. The number of halogens is 1. The molecule has 2 N–H and O–H groups in total.